The molecule has 0 amide bonds. The Kier molecular flexibility index (Phi) is 7.64. The summed E-state index contributed by atoms with van der Waals surface area (Å²) in [6, 6.07) is 0. The van der Waals surface area contributed by atoms with Crippen molar-refractivity contribution < 1.29 is 0 Å². The normalized spacial score (nSPS) is 21.0. The van der Waals surface area contributed by atoms with Gasteiger partial charge in [0.05, 0.1) is 0 Å². The second-order valence-electron chi connectivity index (χ2n) is 3.89. The van der Waals surface area contributed by atoms with Crippen molar-refractivity contribution >= 4 is 0 Å². The highest BCUT2D eigenvalue weighted by molar-refractivity contribution is 4.66. The molecule has 2 rings (SSSR count). The monoisotopic (exact) mass is 170 g/mol. The Bertz CT molecular complexity index is 75.3. The van der Waals surface area contributed by atoms with Gasteiger partial charge in [-0.25, -0.2) is 0 Å². The second-order valence-corrected chi connectivity index (χ2v) is 3.89. The molecule has 0 saturated heterocycles. The van der Waals surface area contributed by atoms with Gasteiger partial charge in [0.1, 0.15) is 0 Å². The number of hydrogen-bond donors (Lipinski definition) is 0. The minimum absolute atomic E-state index is 1.08. The van der Waals surface area contributed by atoms with Crippen LogP contribution in [0.5, 0.6) is 0 Å². The lowest BCUT2D eigenvalue weighted by molar-refractivity contribution is 0.307. The molecule has 0 aliphatic heterocycles. The quantitative estimate of drug-likeness (QED) is 0.538. The molecule has 12 heavy (non-hydrogen) atoms. The predicted molar refractivity (Wildman–Crippen MR) is 57.4 cm³/mol. The molecule has 0 bridgehead atoms. The minimum Gasteiger partial charge on any atom is -0.0683 e. The largest absolute Gasteiger partial charge is 0.0683 e. The van der Waals surface area contributed by atoms with Gasteiger partial charge in [0, 0.05) is 0 Å². The van der Waals surface area contributed by atoms with E-state index in [1.54, 1.807) is 0 Å². The van der Waals surface area contributed by atoms with E-state index >= 15 is 0 Å². The van der Waals surface area contributed by atoms with Crippen LogP contribution in [0.3, 0.4) is 0 Å². The fourth-order valence-electron chi connectivity index (χ4n) is 1.07. The Labute approximate surface area is 78.8 Å². The summed E-state index contributed by atoms with van der Waals surface area (Å²) >= 11 is 0. The topological polar surface area (TPSA) is 0 Å². The van der Waals surface area contributed by atoms with Crippen LogP contribution in [0, 0.1) is 11.8 Å². The summed E-state index contributed by atoms with van der Waals surface area (Å²) in [6.07, 6.45) is 8.91. The van der Waals surface area contributed by atoms with Crippen molar-refractivity contribution in [2.24, 2.45) is 11.8 Å². The Balaban J connectivity index is 0.000000176. The van der Waals surface area contributed by atoms with Crippen LogP contribution >= 0.6 is 0 Å². The van der Waals surface area contributed by atoms with Crippen LogP contribution in [-0.4, -0.2) is 0 Å². The van der Waals surface area contributed by atoms with Gasteiger partial charge in [0.15, 0.2) is 0 Å². The lowest BCUT2D eigenvalue weighted by Gasteiger charge is -2.22. The molecule has 2 aliphatic carbocycles. The molecule has 0 heterocycles. The summed E-state index contributed by atoms with van der Waals surface area (Å²) < 4.78 is 0. The summed E-state index contributed by atoms with van der Waals surface area (Å²) in [5, 5.41) is 0. The van der Waals surface area contributed by atoms with E-state index < -0.39 is 0 Å². The smallest absolute Gasteiger partial charge is 0.0417 e. The van der Waals surface area contributed by atoms with E-state index in [9.17, 15) is 0 Å². The highest BCUT2D eigenvalue weighted by Gasteiger charge is 2.13. The summed E-state index contributed by atoms with van der Waals surface area (Å²) in [4.78, 5) is 0. The third kappa shape index (κ3) is 6.69. The Hall–Kier alpha value is 0. The van der Waals surface area contributed by atoms with Crippen LogP contribution in [0.2, 0.25) is 0 Å². The minimum atomic E-state index is 1.08. The Morgan fingerprint density at radius 3 is 1.42 bits per heavy atom. The third-order valence-corrected chi connectivity index (χ3v) is 2.67. The molecule has 0 heteroatoms. The van der Waals surface area contributed by atoms with Crippen LogP contribution in [0.15, 0.2) is 0 Å². The zero-order chi connectivity index (χ0) is 9.40. The molecule has 0 N–H and O–H groups in total. The fraction of sp³-hybridized carbons (Fsp3) is 1.00. The Morgan fingerprint density at radius 2 is 1.42 bits per heavy atom. The molecular formula is C12H26. The van der Waals surface area contributed by atoms with Gasteiger partial charge in [-0.2, -0.15) is 0 Å². The van der Waals surface area contributed by atoms with Gasteiger partial charge in [-0.3, -0.25) is 0 Å². The molecule has 0 aromatic rings. The van der Waals surface area contributed by atoms with Crippen LogP contribution in [0.25, 0.3) is 0 Å². The van der Waals surface area contributed by atoms with E-state index in [1.807, 2.05) is 13.8 Å². The summed E-state index contributed by atoms with van der Waals surface area (Å²) in [7, 11) is 0. The van der Waals surface area contributed by atoms with Gasteiger partial charge in [0.25, 0.3) is 0 Å². The molecule has 0 spiro atoms. The summed E-state index contributed by atoms with van der Waals surface area (Å²) in [5.74, 6) is 2.20. The number of hydrogen-bond acceptors (Lipinski definition) is 0. The predicted octanol–water partition coefficient (Wildman–Crippen LogP) is 4.64. The first kappa shape index (κ1) is 12.0. The van der Waals surface area contributed by atoms with Crippen LogP contribution in [0.4, 0.5) is 0 Å². The maximum absolute atomic E-state index is 2.28. The van der Waals surface area contributed by atoms with E-state index in [0.29, 0.717) is 0 Å². The second kappa shape index (κ2) is 7.64. The molecular weight excluding hydrogens is 144 g/mol. The first-order valence-electron chi connectivity index (χ1n) is 5.83. The first-order valence-corrected chi connectivity index (χ1v) is 5.83. The van der Waals surface area contributed by atoms with Crippen LogP contribution in [-0.2, 0) is 0 Å². The van der Waals surface area contributed by atoms with Crippen molar-refractivity contribution in [3.8, 4) is 0 Å². The average Bonchev–Trinajstić information content (AvgIpc) is 2.75. The lowest BCUT2D eigenvalue weighted by atomic mass is 9.84. The molecule has 0 radical (unpaired) electrons. The van der Waals surface area contributed by atoms with Crippen molar-refractivity contribution in [1.29, 1.82) is 0 Å². The standard InChI is InChI=1S/C6H12.C4H8.C2H6/c1-2-6-4-3-5-6;1-4-2-3-4;1-2/h6H,2-5H2,1H3;4H,2-3H2,1H3;1-2H3. The van der Waals surface area contributed by atoms with E-state index in [-0.39, 0.29) is 0 Å². The van der Waals surface area contributed by atoms with Gasteiger partial charge in [-0.1, -0.05) is 66.2 Å². The zero-order valence-corrected chi connectivity index (χ0v) is 9.40. The van der Waals surface area contributed by atoms with E-state index in [4.69, 9.17) is 0 Å². The Morgan fingerprint density at radius 1 is 1.00 bits per heavy atom. The molecule has 0 unspecified atom stereocenters. The van der Waals surface area contributed by atoms with Gasteiger partial charge in [-0.05, 0) is 11.8 Å². The van der Waals surface area contributed by atoms with E-state index in [1.165, 1.54) is 38.5 Å². The van der Waals surface area contributed by atoms with Crippen molar-refractivity contribution in [3.05, 3.63) is 0 Å². The van der Waals surface area contributed by atoms with Crippen LogP contribution in [0.1, 0.15) is 66.2 Å². The van der Waals surface area contributed by atoms with Crippen molar-refractivity contribution in [1.82, 2.24) is 0 Å². The molecule has 2 fully saturated rings. The van der Waals surface area contributed by atoms with Crippen molar-refractivity contribution in [2.45, 2.75) is 66.2 Å². The summed E-state index contributed by atoms with van der Waals surface area (Å²) in [6.45, 7) is 8.56. The highest BCUT2D eigenvalue weighted by Crippen LogP contribution is 2.28. The molecule has 0 atom stereocenters. The molecule has 0 nitrogen and oxygen atoms in total. The van der Waals surface area contributed by atoms with Gasteiger partial charge >= 0.3 is 0 Å². The molecule has 0 aromatic carbocycles. The number of rotatable bonds is 1. The average molecular weight is 170 g/mol. The fourth-order valence-corrected chi connectivity index (χ4v) is 1.07. The molecule has 0 aromatic heterocycles. The molecule has 74 valence electrons. The van der Waals surface area contributed by atoms with E-state index in [0.717, 1.165) is 11.8 Å². The van der Waals surface area contributed by atoms with Crippen molar-refractivity contribution in [2.75, 3.05) is 0 Å². The third-order valence-electron chi connectivity index (χ3n) is 2.67. The zero-order valence-electron chi connectivity index (χ0n) is 9.40. The maximum atomic E-state index is 2.28. The lowest BCUT2D eigenvalue weighted by Crippen LogP contribution is -2.08. The first-order chi connectivity index (χ1) is 5.83. The summed E-state index contributed by atoms with van der Waals surface area (Å²) in [5.41, 5.74) is 0. The van der Waals surface area contributed by atoms with Gasteiger partial charge in [0.2, 0.25) is 0 Å². The SMILES string of the molecule is CC.CC1CC1.CCC1CCC1. The van der Waals surface area contributed by atoms with Crippen LogP contribution < -0.4 is 0 Å². The molecule has 2 aliphatic rings. The van der Waals surface area contributed by atoms with Crippen molar-refractivity contribution in [3.63, 3.8) is 0 Å². The van der Waals surface area contributed by atoms with Gasteiger partial charge < -0.3 is 0 Å². The molecule has 2 saturated carbocycles. The highest BCUT2D eigenvalue weighted by atomic mass is 14.2. The van der Waals surface area contributed by atoms with Gasteiger partial charge in [-0.15, -0.1) is 0 Å². The maximum Gasteiger partial charge on any atom is -0.0417 e. The van der Waals surface area contributed by atoms with E-state index in [2.05, 4.69) is 13.8 Å².